The Morgan fingerprint density at radius 2 is 1.92 bits per heavy atom. The van der Waals surface area contributed by atoms with Crippen molar-refractivity contribution in [3.8, 4) is 17.0 Å². The van der Waals surface area contributed by atoms with Crippen LogP contribution in [0.1, 0.15) is 24.0 Å². The first-order chi connectivity index (χ1) is 18.6. The molecular formula is C29H36FN3O5. The van der Waals surface area contributed by atoms with Crippen molar-refractivity contribution in [3.63, 3.8) is 0 Å². The average Bonchev–Trinajstić information content (AvgIpc) is 3.59. The van der Waals surface area contributed by atoms with E-state index in [2.05, 4.69) is 15.0 Å². The molecule has 0 unspecified atom stereocenters. The molecule has 2 fully saturated rings. The smallest absolute Gasteiger partial charge is 0.232 e. The van der Waals surface area contributed by atoms with Crippen LogP contribution in [0.4, 0.5) is 10.3 Å². The number of anilines is 1. The van der Waals surface area contributed by atoms with Crippen molar-refractivity contribution < 1.29 is 28.2 Å². The van der Waals surface area contributed by atoms with Gasteiger partial charge in [-0.25, -0.2) is 4.39 Å². The molecule has 2 aliphatic rings. The summed E-state index contributed by atoms with van der Waals surface area (Å²) in [5.41, 5.74) is 3.39. The quantitative estimate of drug-likeness (QED) is 0.402. The van der Waals surface area contributed by atoms with Gasteiger partial charge in [0, 0.05) is 44.9 Å². The van der Waals surface area contributed by atoms with E-state index in [-0.39, 0.29) is 18.5 Å². The van der Waals surface area contributed by atoms with Gasteiger partial charge in [0.2, 0.25) is 5.88 Å². The first-order valence-corrected chi connectivity index (χ1v) is 13.3. The molecule has 9 heteroatoms. The second kappa shape index (κ2) is 12.7. The van der Waals surface area contributed by atoms with Crippen molar-refractivity contribution in [1.29, 1.82) is 0 Å². The number of aliphatic hydroxyl groups is 1. The summed E-state index contributed by atoms with van der Waals surface area (Å²) >= 11 is 0. The minimum Gasteiger partial charge on any atom is -0.491 e. The Morgan fingerprint density at radius 3 is 2.66 bits per heavy atom. The first kappa shape index (κ1) is 26.6. The van der Waals surface area contributed by atoms with E-state index in [9.17, 15) is 9.50 Å². The van der Waals surface area contributed by atoms with E-state index >= 15 is 0 Å². The van der Waals surface area contributed by atoms with Gasteiger partial charge in [0.15, 0.2) is 0 Å². The molecule has 0 bridgehead atoms. The van der Waals surface area contributed by atoms with Crippen LogP contribution in [0.5, 0.6) is 5.75 Å². The summed E-state index contributed by atoms with van der Waals surface area (Å²) in [5, 5.41) is 15.4. The van der Waals surface area contributed by atoms with E-state index in [1.54, 1.807) is 12.1 Å². The molecule has 0 aliphatic carbocycles. The van der Waals surface area contributed by atoms with Gasteiger partial charge in [-0.2, -0.15) is 0 Å². The van der Waals surface area contributed by atoms with Gasteiger partial charge in [0.1, 0.15) is 30.0 Å². The Morgan fingerprint density at radius 1 is 1.13 bits per heavy atom. The lowest BCUT2D eigenvalue weighted by Gasteiger charge is -2.30. The summed E-state index contributed by atoms with van der Waals surface area (Å²) in [5.74, 6) is 1.16. The molecule has 2 saturated heterocycles. The van der Waals surface area contributed by atoms with E-state index in [1.807, 2.05) is 31.2 Å². The largest absolute Gasteiger partial charge is 0.491 e. The monoisotopic (exact) mass is 525 g/mol. The highest BCUT2D eigenvalue weighted by atomic mass is 19.1. The number of aliphatic hydroxyl groups excluding tert-OH is 1. The number of rotatable bonds is 11. The summed E-state index contributed by atoms with van der Waals surface area (Å²) in [4.78, 5) is 4.33. The number of hydrogen-bond donors (Lipinski definition) is 1. The molecular weight excluding hydrogens is 489 g/mol. The highest BCUT2D eigenvalue weighted by Crippen LogP contribution is 2.33. The van der Waals surface area contributed by atoms with E-state index in [0.29, 0.717) is 57.5 Å². The van der Waals surface area contributed by atoms with Gasteiger partial charge in [-0.15, -0.1) is 0 Å². The van der Waals surface area contributed by atoms with Crippen molar-refractivity contribution in [3.05, 3.63) is 65.5 Å². The standard InChI is InChI=1S/C29H36FN3O5/c1-21-5-2-3-7-27(21)37-20-24(34)17-32(18-25-6-4-14-36-25)19-26-28(22-8-10-23(30)11-9-22)31-38-29(26)33-12-15-35-16-13-33/h2-3,5,7-11,24-25,34H,4,6,12-20H2,1H3/t24-,25+/m1/s1. The van der Waals surface area contributed by atoms with Gasteiger partial charge in [-0.3, -0.25) is 4.90 Å². The minimum atomic E-state index is -0.711. The zero-order valence-electron chi connectivity index (χ0n) is 21.9. The van der Waals surface area contributed by atoms with Crippen LogP contribution in [0.25, 0.3) is 11.3 Å². The maximum atomic E-state index is 13.7. The van der Waals surface area contributed by atoms with Crippen molar-refractivity contribution in [1.82, 2.24) is 10.1 Å². The number of nitrogens with zero attached hydrogens (tertiary/aromatic N) is 3. The SMILES string of the molecule is Cc1ccccc1OC[C@H](O)CN(Cc1c(-c2ccc(F)cc2)noc1N1CCOCC1)C[C@@H]1CCCO1. The number of morpholine rings is 1. The molecule has 2 aromatic carbocycles. The molecule has 204 valence electrons. The van der Waals surface area contributed by atoms with E-state index in [1.165, 1.54) is 12.1 Å². The molecule has 2 aliphatic heterocycles. The fourth-order valence-electron chi connectivity index (χ4n) is 5.05. The van der Waals surface area contributed by atoms with E-state index in [0.717, 1.165) is 41.9 Å². The van der Waals surface area contributed by atoms with Crippen LogP contribution < -0.4 is 9.64 Å². The predicted octanol–water partition coefficient (Wildman–Crippen LogP) is 4.05. The number of aromatic nitrogens is 1. The molecule has 2 atom stereocenters. The van der Waals surface area contributed by atoms with Crippen LogP contribution in [0.15, 0.2) is 53.1 Å². The summed E-state index contributed by atoms with van der Waals surface area (Å²) < 4.78 is 37.0. The van der Waals surface area contributed by atoms with Crippen LogP contribution in [-0.2, 0) is 16.0 Å². The second-order valence-electron chi connectivity index (χ2n) is 9.98. The average molecular weight is 526 g/mol. The third-order valence-electron chi connectivity index (χ3n) is 7.04. The fourth-order valence-corrected chi connectivity index (χ4v) is 5.05. The van der Waals surface area contributed by atoms with E-state index in [4.69, 9.17) is 18.7 Å². The zero-order valence-corrected chi connectivity index (χ0v) is 21.9. The fraction of sp³-hybridized carbons (Fsp3) is 0.483. The summed E-state index contributed by atoms with van der Waals surface area (Å²) in [6.07, 6.45) is 1.40. The third kappa shape index (κ3) is 6.71. The Balaban J connectivity index is 1.38. The number of aryl methyl sites for hydroxylation is 1. The molecule has 0 spiro atoms. The Hall–Kier alpha value is -2.98. The predicted molar refractivity (Wildman–Crippen MR) is 142 cm³/mol. The molecule has 0 amide bonds. The lowest BCUT2D eigenvalue weighted by Crippen LogP contribution is -2.40. The Bertz CT molecular complexity index is 1160. The summed E-state index contributed by atoms with van der Waals surface area (Å²) in [7, 11) is 0. The van der Waals surface area contributed by atoms with Crippen LogP contribution in [0.3, 0.4) is 0 Å². The van der Waals surface area contributed by atoms with Gasteiger partial charge in [-0.05, 0) is 55.7 Å². The minimum absolute atomic E-state index is 0.0976. The zero-order chi connectivity index (χ0) is 26.3. The number of ether oxygens (including phenoxy) is 3. The molecule has 8 nitrogen and oxygen atoms in total. The van der Waals surface area contributed by atoms with Crippen LogP contribution >= 0.6 is 0 Å². The maximum Gasteiger partial charge on any atom is 0.232 e. The number of benzene rings is 2. The number of hydrogen-bond acceptors (Lipinski definition) is 8. The first-order valence-electron chi connectivity index (χ1n) is 13.3. The molecule has 5 rings (SSSR count). The van der Waals surface area contributed by atoms with Gasteiger partial charge in [0.05, 0.1) is 24.9 Å². The summed E-state index contributed by atoms with van der Waals surface area (Å²) in [6, 6.07) is 14.1. The molecule has 0 saturated carbocycles. The van der Waals surface area contributed by atoms with Crippen LogP contribution in [0, 0.1) is 12.7 Å². The van der Waals surface area contributed by atoms with Gasteiger partial charge in [0.25, 0.3) is 0 Å². The van der Waals surface area contributed by atoms with Crippen LogP contribution in [-0.4, -0.2) is 80.0 Å². The Labute approximate surface area is 222 Å². The van der Waals surface area contributed by atoms with Crippen molar-refractivity contribution >= 4 is 5.88 Å². The normalized spacial score (nSPS) is 18.7. The number of halogens is 1. The van der Waals surface area contributed by atoms with Crippen LogP contribution in [0.2, 0.25) is 0 Å². The topological polar surface area (TPSA) is 80.4 Å². The Kier molecular flexibility index (Phi) is 8.90. The van der Waals surface area contributed by atoms with E-state index < -0.39 is 6.10 Å². The lowest BCUT2D eigenvalue weighted by atomic mass is 10.1. The molecule has 38 heavy (non-hydrogen) atoms. The molecule has 0 radical (unpaired) electrons. The van der Waals surface area contributed by atoms with Gasteiger partial charge < -0.3 is 28.7 Å². The molecule has 3 aromatic rings. The van der Waals surface area contributed by atoms with Crippen molar-refractivity contribution in [2.45, 2.75) is 38.5 Å². The lowest BCUT2D eigenvalue weighted by molar-refractivity contribution is 0.0312. The third-order valence-corrected chi connectivity index (χ3v) is 7.04. The van der Waals surface area contributed by atoms with Gasteiger partial charge in [-0.1, -0.05) is 23.4 Å². The highest BCUT2D eigenvalue weighted by Gasteiger charge is 2.28. The maximum absolute atomic E-state index is 13.7. The van der Waals surface area contributed by atoms with Crippen molar-refractivity contribution in [2.24, 2.45) is 0 Å². The molecule has 1 aromatic heterocycles. The summed E-state index contributed by atoms with van der Waals surface area (Å²) in [6.45, 7) is 7.09. The number of para-hydroxylation sites is 1. The molecule has 3 heterocycles. The highest BCUT2D eigenvalue weighted by molar-refractivity contribution is 5.68. The second-order valence-corrected chi connectivity index (χ2v) is 9.98. The molecule has 1 N–H and O–H groups in total. The van der Waals surface area contributed by atoms with Gasteiger partial charge >= 0.3 is 0 Å². The van der Waals surface area contributed by atoms with Crippen molar-refractivity contribution in [2.75, 3.05) is 57.5 Å².